The van der Waals surface area contributed by atoms with E-state index < -0.39 is 10.8 Å². The molecule has 2 N–H and O–H groups in total. The Morgan fingerprint density at radius 2 is 1.61 bits per heavy atom. The topological polar surface area (TPSA) is 78.5 Å². The number of thioether (sulfide) groups is 1. The van der Waals surface area contributed by atoms with Crippen molar-refractivity contribution in [3.8, 4) is 0 Å². The van der Waals surface area contributed by atoms with Crippen LogP contribution in [0.1, 0.15) is 42.1 Å². The summed E-state index contributed by atoms with van der Waals surface area (Å²) in [6.07, 6.45) is 0. The first-order valence-corrected chi connectivity index (χ1v) is 9.94. The molecule has 4 rings (SSSR count). The van der Waals surface area contributed by atoms with E-state index in [9.17, 15) is 14.4 Å². The van der Waals surface area contributed by atoms with E-state index in [1.165, 1.54) is 6.92 Å². The summed E-state index contributed by atoms with van der Waals surface area (Å²) in [6.45, 7) is 5.43. The van der Waals surface area contributed by atoms with E-state index in [1.54, 1.807) is 40.9 Å². The number of amides is 3. The molecule has 1 saturated heterocycles. The zero-order valence-corrected chi connectivity index (χ0v) is 16.7. The molecule has 3 amide bonds. The molecule has 2 atom stereocenters. The lowest BCUT2D eigenvalue weighted by Crippen LogP contribution is -2.50. The van der Waals surface area contributed by atoms with Crippen molar-refractivity contribution in [1.82, 2.24) is 4.90 Å². The number of nitrogens with zero attached hydrogens (tertiary/aromatic N) is 1. The molecule has 2 aromatic rings. The van der Waals surface area contributed by atoms with Crippen molar-refractivity contribution >= 4 is 40.9 Å². The van der Waals surface area contributed by atoms with Crippen molar-refractivity contribution in [1.29, 1.82) is 0 Å². The summed E-state index contributed by atoms with van der Waals surface area (Å²) in [5.41, 5.74) is 2.92. The Kier molecular flexibility index (Phi) is 4.42. The molecule has 144 valence electrons. The van der Waals surface area contributed by atoms with Gasteiger partial charge < -0.3 is 15.5 Å². The minimum Gasteiger partial charge on any atom is -0.326 e. The number of benzene rings is 2. The van der Waals surface area contributed by atoms with Gasteiger partial charge in [0.1, 0.15) is 11.4 Å². The van der Waals surface area contributed by atoms with Gasteiger partial charge in [0.2, 0.25) is 11.8 Å². The molecule has 0 radical (unpaired) electrons. The van der Waals surface area contributed by atoms with E-state index in [4.69, 9.17) is 0 Å². The Morgan fingerprint density at radius 3 is 2.25 bits per heavy atom. The van der Waals surface area contributed by atoms with Gasteiger partial charge in [-0.15, -0.1) is 11.8 Å². The fourth-order valence-electron chi connectivity index (χ4n) is 3.86. The zero-order chi connectivity index (χ0) is 20.1. The normalized spacial score (nSPS) is 21.8. The van der Waals surface area contributed by atoms with Gasteiger partial charge in [0.05, 0.1) is 0 Å². The Labute approximate surface area is 167 Å². The van der Waals surface area contributed by atoms with Crippen molar-refractivity contribution in [2.75, 3.05) is 10.6 Å². The van der Waals surface area contributed by atoms with Crippen LogP contribution in [0, 0.1) is 0 Å². The number of carbonyl (C=O) groups excluding carboxylic acids is 3. The molecule has 2 aromatic carbocycles. The third-order valence-corrected chi connectivity index (χ3v) is 6.55. The first-order chi connectivity index (χ1) is 13.3. The van der Waals surface area contributed by atoms with E-state index in [0.29, 0.717) is 16.9 Å². The van der Waals surface area contributed by atoms with Gasteiger partial charge in [-0.25, -0.2) is 0 Å². The van der Waals surface area contributed by atoms with E-state index in [1.807, 2.05) is 38.1 Å². The molecule has 2 aliphatic heterocycles. The lowest BCUT2D eigenvalue weighted by atomic mass is 10.0. The lowest BCUT2D eigenvalue weighted by Gasteiger charge is -2.29. The number of carbonyl (C=O) groups is 3. The molecule has 1 fully saturated rings. The SMILES string of the molecule is CC(=O)Nc1ccc(NC(=O)[C@@H]2N3C(=O)c4ccccc4[C@H]3SC2(C)C)cc1. The maximum absolute atomic E-state index is 13.1. The number of nitrogens with one attached hydrogen (secondary N) is 2. The van der Waals surface area contributed by atoms with Crippen LogP contribution in [0.3, 0.4) is 0 Å². The highest BCUT2D eigenvalue weighted by molar-refractivity contribution is 8.01. The van der Waals surface area contributed by atoms with Crippen LogP contribution in [-0.4, -0.2) is 33.4 Å². The van der Waals surface area contributed by atoms with Crippen LogP contribution in [0.5, 0.6) is 0 Å². The number of anilines is 2. The molecule has 7 heteroatoms. The van der Waals surface area contributed by atoms with Crippen LogP contribution in [0.25, 0.3) is 0 Å². The van der Waals surface area contributed by atoms with E-state index in [2.05, 4.69) is 10.6 Å². The lowest BCUT2D eigenvalue weighted by molar-refractivity contribution is -0.121. The molecular weight excluding hydrogens is 374 g/mol. The Hall–Kier alpha value is -2.80. The first kappa shape index (κ1) is 18.6. The standard InChI is InChI=1S/C21H21N3O3S/c1-12(25)22-13-8-10-14(11-9-13)23-18(26)17-21(2,3)28-20-16-7-5-4-6-15(16)19(27)24(17)20/h4-11,17,20H,1-3H3,(H,22,25)(H,23,26)/t17-,20+/m0/s1. The van der Waals surface area contributed by atoms with Gasteiger partial charge in [-0.05, 0) is 49.7 Å². The second kappa shape index (κ2) is 6.67. The molecule has 6 nitrogen and oxygen atoms in total. The summed E-state index contributed by atoms with van der Waals surface area (Å²) < 4.78 is -0.423. The summed E-state index contributed by atoms with van der Waals surface area (Å²) >= 11 is 1.64. The van der Waals surface area contributed by atoms with Crippen LogP contribution >= 0.6 is 11.8 Å². The quantitative estimate of drug-likeness (QED) is 0.832. The first-order valence-electron chi connectivity index (χ1n) is 9.06. The van der Waals surface area contributed by atoms with Crippen molar-refractivity contribution in [2.45, 2.75) is 36.9 Å². The molecule has 2 heterocycles. The van der Waals surface area contributed by atoms with Gasteiger partial charge in [-0.2, -0.15) is 0 Å². The van der Waals surface area contributed by atoms with Crippen LogP contribution < -0.4 is 10.6 Å². The van der Waals surface area contributed by atoms with Gasteiger partial charge in [0.25, 0.3) is 5.91 Å². The smallest absolute Gasteiger partial charge is 0.256 e. The molecule has 0 spiro atoms. The van der Waals surface area contributed by atoms with E-state index in [-0.39, 0.29) is 23.1 Å². The molecule has 0 bridgehead atoms. The molecule has 0 aliphatic carbocycles. The molecule has 0 saturated carbocycles. The number of hydrogen-bond acceptors (Lipinski definition) is 4. The predicted molar refractivity (Wildman–Crippen MR) is 110 cm³/mol. The third-order valence-electron chi connectivity index (χ3n) is 5.02. The van der Waals surface area contributed by atoms with Gasteiger partial charge >= 0.3 is 0 Å². The number of rotatable bonds is 3. The largest absolute Gasteiger partial charge is 0.326 e. The van der Waals surface area contributed by atoms with Crippen LogP contribution in [0.2, 0.25) is 0 Å². The minimum atomic E-state index is -0.586. The second-order valence-electron chi connectivity index (χ2n) is 7.52. The summed E-state index contributed by atoms with van der Waals surface area (Å²) in [6, 6.07) is 13.9. The minimum absolute atomic E-state index is 0.0974. The fraction of sp³-hybridized carbons (Fsp3) is 0.286. The molecule has 28 heavy (non-hydrogen) atoms. The monoisotopic (exact) mass is 395 g/mol. The van der Waals surface area contributed by atoms with Crippen molar-refractivity contribution < 1.29 is 14.4 Å². The highest BCUT2D eigenvalue weighted by Crippen LogP contribution is 2.56. The van der Waals surface area contributed by atoms with Crippen molar-refractivity contribution in [2.24, 2.45) is 0 Å². The van der Waals surface area contributed by atoms with Gasteiger partial charge in [-0.3, -0.25) is 14.4 Å². The summed E-state index contributed by atoms with van der Waals surface area (Å²) in [5, 5.41) is 5.47. The zero-order valence-electron chi connectivity index (χ0n) is 15.9. The molecule has 2 aliphatic rings. The van der Waals surface area contributed by atoms with E-state index in [0.717, 1.165) is 5.56 Å². The Bertz CT molecular complexity index is 971. The van der Waals surface area contributed by atoms with Gasteiger partial charge in [0.15, 0.2) is 0 Å². The maximum Gasteiger partial charge on any atom is 0.256 e. The maximum atomic E-state index is 13.1. The van der Waals surface area contributed by atoms with Crippen LogP contribution in [0.4, 0.5) is 11.4 Å². The average molecular weight is 395 g/mol. The molecule has 0 aromatic heterocycles. The highest BCUT2D eigenvalue weighted by Gasteiger charge is 2.57. The Morgan fingerprint density at radius 1 is 1.00 bits per heavy atom. The van der Waals surface area contributed by atoms with Crippen LogP contribution in [0.15, 0.2) is 48.5 Å². The fourth-order valence-corrected chi connectivity index (χ4v) is 5.44. The van der Waals surface area contributed by atoms with Gasteiger partial charge in [0, 0.05) is 28.6 Å². The Balaban J connectivity index is 1.57. The average Bonchev–Trinajstić information content (AvgIpc) is 3.06. The predicted octanol–water partition coefficient (Wildman–Crippen LogP) is 3.63. The van der Waals surface area contributed by atoms with Crippen molar-refractivity contribution in [3.05, 3.63) is 59.7 Å². The number of fused-ring (bicyclic) bond motifs is 3. The summed E-state index contributed by atoms with van der Waals surface area (Å²) in [7, 11) is 0. The number of hydrogen-bond donors (Lipinski definition) is 2. The third kappa shape index (κ3) is 3.05. The van der Waals surface area contributed by atoms with Crippen LogP contribution in [-0.2, 0) is 9.59 Å². The van der Waals surface area contributed by atoms with Gasteiger partial charge in [-0.1, -0.05) is 18.2 Å². The van der Waals surface area contributed by atoms with E-state index >= 15 is 0 Å². The summed E-state index contributed by atoms with van der Waals surface area (Å²) in [5.74, 6) is -0.465. The van der Waals surface area contributed by atoms with Crippen molar-refractivity contribution in [3.63, 3.8) is 0 Å². The molecule has 0 unspecified atom stereocenters. The second-order valence-corrected chi connectivity index (χ2v) is 9.26. The summed E-state index contributed by atoms with van der Waals surface area (Å²) in [4.78, 5) is 39.0. The molecular formula is C21H21N3O3S. The highest BCUT2D eigenvalue weighted by atomic mass is 32.2.